The molecule has 0 radical (unpaired) electrons. The monoisotopic (exact) mass is 297 g/mol. The van der Waals surface area contributed by atoms with Crippen LogP contribution in [0.3, 0.4) is 0 Å². The zero-order valence-electron chi connectivity index (χ0n) is 10.4. The van der Waals surface area contributed by atoms with Crippen LogP contribution in [0.5, 0.6) is 11.5 Å². The predicted molar refractivity (Wildman–Crippen MR) is 70.0 cm³/mol. The number of hydrogen-bond donors (Lipinski definition) is 2. The van der Waals surface area contributed by atoms with Gasteiger partial charge in [0.2, 0.25) is 10.0 Å². The van der Waals surface area contributed by atoms with Crippen LogP contribution in [0.15, 0.2) is 35.2 Å². The molecule has 0 saturated heterocycles. The lowest BCUT2D eigenvalue weighted by Crippen LogP contribution is -2.14. The summed E-state index contributed by atoms with van der Waals surface area (Å²) < 4.78 is 32.1. The molecule has 106 valence electrons. The Hall–Kier alpha value is -2.32. The second-order valence-electron chi connectivity index (χ2n) is 3.87. The molecule has 8 heteroatoms. The van der Waals surface area contributed by atoms with Gasteiger partial charge in [-0.25, -0.2) is 18.4 Å². The Bertz CT molecular complexity index is 784. The van der Waals surface area contributed by atoms with Crippen molar-refractivity contribution in [2.24, 2.45) is 5.14 Å². The first kappa shape index (κ1) is 14.1. The van der Waals surface area contributed by atoms with Crippen molar-refractivity contribution in [1.29, 1.82) is 0 Å². The molecule has 0 amide bonds. The summed E-state index contributed by atoms with van der Waals surface area (Å²) in [6.07, 6.45) is -1.01. The number of benzene rings is 2. The Balaban J connectivity index is 2.79. The lowest BCUT2D eigenvalue weighted by molar-refractivity contribution is 0.122. The third-order valence-electron chi connectivity index (χ3n) is 2.61. The summed E-state index contributed by atoms with van der Waals surface area (Å²) >= 11 is 0. The number of fused-ring (bicyclic) bond motifs is 1. The SMILES string of the molecule is COC(=O)Oc1cc(S(N)(=O)=O)c(O)c2ccccc12. The first-order chi connectivity index (χ1) is 9.34. The van der Waals surface area contributed by atoms with E-state index in [0.717, 1.165) is 13.2 Å². The highest BCUT2D eigenvalue weighted by molar-refractivity contribution is 7.89. The maximum atomic E-state index is 11.5. The summed E-state index contributed by atoms with van der Waals surface area (Å²) in [4.78, 5) is 10.7. The maximum Gasteiger partial charge on any atom is 0.513 e. The zero-order chi connectivity index (χ0) is 14.9. The second kappa shape index (κ2) is 4.99. The van der Waals surface area contributed by atoms with Gasteiger partial charge in [-0.15, -0.1) is 0 Å². The molecule has 0 aliphatic heterocycles. The van der Waals surface area contributed by atoms with Gasteiger partial charge in [0.1, 0.15) is 16.4 Å². The largest absolute Gasteiger partial charge is 0.513 e. The van der Waals surface area contributed by atoms with Gasteiger partial charge in [-0.2, -0.15) is 0 Å². The second-order valence-corrected chi connectivity index (χ2v) is 5.40. The van der Waals surface area contributed by atoms with Crippen LogP contribution < -0.4 is 9.88 Å². The van der Waals surface area contributed by atoms with E-state index in [1.807, 2.05) is 0 Å². The number of aromatic hydroxyl groups is 1. The molecule has 7 nitrogen and oxygen atoms in total. The van der Waals surface area contributed by atoms with Crippen molar-refractivity contribution in [2.45, 2.75) is 4.90 Å². The van der Waals surface area contributed by atoms with E-state index in [1.165, 1.54) is 6.07 Å². The van der Waals surface area contributed by atoms with Gasteiger partial charge in [0, 0.05) is 16.8 Å². The normalized spacial score (nSPS) is 11.3. The quantitative estimate of drug-likeness (QED) is 0.638. The number of carbonyl (C=O) groups excluding carboxylic acids is 1. The average molecular weight is 297 g/mol. The van der Waals surface area contributed by atoms with Gasteiger partial charge in [0.15, 0.2) is 0 Å². The molecular formula is C12H11NO6S. The van der Waals surface area contributed by atoms with Gasteiger partial charge in [0.25, 0.3) is 0 Å². The molecule has 2 rings (SSSR count). The molecule has 0 aromatic heterocycles. The Morgan fingerprint density at radius 2 is 1.85 bits per heavy atom. The molecule has 0 saturated carbocycles. The molecule has 0 heterocycles. The number of nitrogens with two attached hydrogens (primary N) is 1. The standard InChI is InChI=1S/C12H11NO6S/c1-18-12(15)19-9-6-10(20(13,16)17)11(14)8-5-3-2-4-7(8)9/h2-6,14H,1H3,(H2,13,16,17). The average Bonchev–Trinajstić information content (AvgIpc) is 2.40. The van der Waals surface area contributed by atoms with Crippen molar-refractivity contribution in [1.82, 2.24) is 0 Å². The van der Waals surface area contributed by atoms with Gasteiger partial charge >= 0.3 is 6.16 Å². The number of methoxy groups -OCH3 is 1. The van der Waals surface area contributed by atoms with Crippen molar-refractivity contribution in [2.75, 3.05) is 7.11 Å². The van der Waals surface area contributed by atoms with Crippen molar-refractivity contribution < 1.29 is 27.8 Å². The van der Waals surface area contributed by atoms with Crippen molar-refractivity contribution in [3.8, 4) is 11.5 Å². The highest BCUT2D eigenvalue weighted by Gasteiger charge is 2.21. The number of hydrogen-bond acceptors (Lipinski definition) is 6. The van der Waals surface area contributed by atoms with Gasteiger partial charge in [-0.3, -0.25) is 0 Å². The Morgan fingerprint density at radius 3 is 2.40 bits per heavy atom. The summed E-state index contributed by atoms with van der Waals surface area (Å²) in [5.74, 6) is -0.574. The molecule has 0 fully saturated rings. The smallest absolute Gasteiger partial charge is 0.506 e. The van der Waals surface area contributed by atoms with Crippen LogP contribution in [-0.2, 0) is 14.8 Å². The van der Waals surface area contributed by atoms with E-state index in [4.69, 9.17) is 9.88 Å². The molecule has 0 aliphatic rings. The van der Waals surface area contributed by atoms with Gasteiger partial charge in [0.05, 0.1) is 7.11 Å². The molecule has 0 bridgehead atoms. The molecule has 20 heavy (non-hydrogen) atoms. The molecule has 0 unspecified atom stereocenters. The first-order valence-corrected chi connectivity index (χ1v) is 6.92. The molecule has 2 aromatic carbocycles. The van der Waals surface area contributed by atoms with Crippen LogP contribution in [0, 0.1) is 0 Å². The summed E-state index contributed by atoms with van der Waals surface area (Å²) in [7, 11) is -3.06. The highest BCUT2D eigenvalue weighted by atomic mass is 32.2. The number of sulfonamides is 1. The molecule has 0 aliphatic carbocycles. The van der Waals surface area contributed by atoms with E-state index in [0.29, 0.717) is 5.39 Å². The molecular weight excluding hydrogens is 286 g/mol. The molecule has 0 atom stereocenters. The minimum atomic E-state index is -4.17. The zero-order valence-corrected chi connectivity index (χ0v) is 11.2. The minimum absolute atomic E-state index is 0.0747. The van der Waals surface area contributed by atoms with Crippen LogP contribution in [0.2, 0.25) is 0 Å². The number of primary sulfonamides is 1. The lowest BCUT2D eigenvalue weighted by Gasteiger charge is -2.11. The molecule has 2 aromatic rings. The van der Waals surface area contributed by atoms with Gasteiger partial charge < -0.3 is 14.6 Å². The van der Waals surface area contributed by atoms with Crippen LogP contribution in [0.25, 0.3) is 10.8 Å². The van der Waals surface area contributed by atoms with Crippen LogP contribution in [-0.4, -0.2) is 26.8 Å². The van der Waals surface area contributed by atoms with Gasteiger partial charge in [-0.1, -0.05) is 24.3 Å². The number of carbonyl (C=O) groups is 1. The van der Waals surface area contributed by atoms with E-state index >= 15 is 0 Å². The lowest BCUT2D eigenvalue weighted by atomic mass is 10.1. The van der Waals surface area contributed by atoms with E-state index in [9.17, 15) is 18.3 Å². The molecule has 3 N–H and O–H groups in total. The van der Waals surface area contributed by atoms with Crippen molar-refractivity contribution >= 4 is 27.0 Å². The fraction of sp³-hybridized carbons (Fsp3) is 0.0833. The summed E-state index contributed by atoms with van der Waals surface area (Å²) in [6, 6.07) is 7.24. The Kier molecular flexibility index (Phi) is 3.51. The topological polar surface area (TPSA) is 116 Å². The van der Waals surface area contributed by atoms with E-state index in [2.05, 4.69) is 4.74 Å². The first-order valence-electron chi connectivity index (χ1n) is 5.38. The van der Waals surface area contributed by atoms with Crippen LogP contribution in [0.4, 0.5) is 4.79 Å². The highest BCUT2D eigenvalue weighted by Crippen LogP contribution is 2.37. The number of ether oxygens (including phenoxy) is 2. The maximum absolute atomic E-state index is 11.5. The number of phenolic OH excluding ortho intramolecular Hbond substituents is 1. The van der Waals surface area contributed by atoms with Crippen molar-refractivity contribution in [3.63, 3.8) is 0 Å². The minimum Gasteiger partial charge on any atom is -0.506 e. The van der Waals surface area contributed by atoms with E-state index in [1.54, 1.807) is 18.2 Å². The van der Waals surface area contributed by atoms with E-state index < -0.39 is 26.8 Å². The van der Waals surface area contributed by atoms with Gasteiger partial charge in [-0.05, 0) is 0 Å². The third-order valence-corrected chi connectivity index (χ3v) is 3.53. The number of phenols is 1. The predicted octanol–water partition coefficient (Wildman–Crippen LogP) is 1.34. The number of rotatable bonds is 2. The fourth-order valence-electron chi connectivity index (χ4n) is 1.74. The van der Waals surface area contributed by atoms with Crippen LogP contribution in [0.1, 0.15) is 0 Å². The fourth-order valence-corrected chi connectivity index (χ4v) is 2.39. The summed E-state index contributed by atoms with van der Waals surface area (Å²) in [5.41, 5.74) is 0. The third kappa shape index (κ3) is 2.51. The Morgan fingerprint density at radius 1 is 1.25 bits per heavy atom. The van der Waals surface area contributed by atoms with Crippen LogP contribution >= 0.6 is 0 Å². The van der Waals surface area contributed by atoms with E-state index in [-0.39, 0.29) is 11.1 Å². The summed E-state index contributed by atoms with van der Waals surface area (Å²) in [5, 5.41) is 15.5. The Labute approximate surface area is 114 Å². The summed E-state index contributed by atoms with van der Waals surface area (Å²) in [6.45, 7) is 0. The van der Waals surface area contributed by atoms with Crippen molar-refractivity contribution in [3.05, 3.63) is 30.3 Å². The molecule has 0 spiro atoms.